The molecule has 1 unspecified atom stereocenters. The van der Waals surface area contributed by atoms with E-state index in [2.05, 4.69) is 0 Å². The lowest BCUT2D eigenvalue weighted by molar-refractivity contribution is -0.126. The van der Waals surface area contributed by atoms with Crippen LogP contribution in [-0.2, 0) is 11.8 Å². The quantitative estimate of drug-likeness (QED) is 0.792. The Kier molecular flexibility index (Phi) is 4.25. The Morgan fingerprint density at radius 1 is 1.30 bits per heavy atom. The number of nitrogens with zero attached hydrogens (tertiary/aromatic N) is 2. The van der Waals surface area contributed by atoms with E-state index in [9.17, 15) is 9.59 Å². The lowest BCUT2D eigenvalue weighted by atomic mass is 10.1. The maximum Gasteiger partial charge on any atom is 0.222 e. The van der Waals surface area contributed by atoms with Gasteiger partial charge in [0.2, 0.25) is 5.91 Å². The lowest BCUT2D eigenvalue weighted by Crippen LogP contribution is -2.20. The summed E-state index contributed by atoms with van der Waals surface area (Å²) in [7, 11) is 3.56. The van der Waals surface area contributed by atoms with Crippen LogP contribution < -0.4 is 4.74 Å². The fraction of sp³-hybridized carbons (Fsp3) is 0.375. The third kappa shape index (κ3) is 2.79. The van der Waals surface area contributed by atoms with Gasteiger partial charge in [0.25, 0.3) is 0 Å². The second kappa shape index (κ2) is 6.06. The number of halogens is 2. The largest absolute Gasteiger partial charge is 0.492 e. The van der Waals surface area contributed by atoms with Crippen LogP contribution in [0.25, 0.3) is 10.9 Å². The third-order valence-corrected chi connectivity index (χ3v) is 5.11. The molecule has 0 spiro atoms. The molecule has 23 heavy (non-hydrogen) atoms. The smallest absolute Gasteiger partial charge is 0.222 e. The molecular formula is C16H16Cl2N2O3. The van der Waals surface area contributed by atoms with E-state index in [0.29, 0.717) is 46.4 Å². The average Bonchev–Trinajstić information content (AvgIpc) is 3.02. The number of aldehydes is 1. The number of amides is 1. The number of ether oxygens (including phenoxy) is 1. The van der Waals surface area contributed by atoms with E-state index in [-0.39, 0.29) is 11.8 Å². The normalized spacial score (nSPS) is 18.0. The number of carbonyl (C=O) groups is 2. The SMILES string of the molecule is CN1CC(COc2cc3c(cc(C=O)n3C)c(Cl)c2Cl)CC1=O. The van der Waals surface area contributed by atoms with Crippen molar-refractivity contribution in [3.63, 3.8) is 0 Å². The Balaban J connectivity index is 1.89. The van der Waals surface area contributed by atoms with E-state index in [0.717, 1.165) is 11.8 Å². The first-order valence-electron chi connectivity index (χ1n) is 7.21. The summed E-state index contributed by atoms with van der Waals surface area (Å²) in [4.78, 5) is 24.3. The highest BCUT2D eigenvalue weighted by atomic mass is 35.5. The predicted octanol–water partition coefficient (Wildman–Crippen LogP) is 3.15. The van der Waals surface area contributed by atoms with Crippen LogP contribution >= 0.6 is 23.2 Å². The molecule has 7 heteroatoms. The number of rotatable bonds is 4. The van der Waals surface area contributed by atoms with Crippen LogP contribution in [-0.4, -0.2) is 41.9 Å². The number of aryl methyl sites for hydroxylation is 1. The first-order chi connectivity index (χ1) is 10.9. The summed E-state index contributed by atoms with van der Waals surface area (Å²) in [5.74, 6) is 0.720. The molecule has 2 heterocycles. The van der Waals surface area contributed by atoms with Gasteiger partial charge in [0.15, 0.2) is 6.29 Å². The maximum absolute atomic E-state index is 11.6. The standard InChI is InChI=1S/C16H16Cl2N2O3/c1-19-6-9(3-14(19)22)8-23-13-5-12-11(15(17)16(13)18)4-10(7-21)20(12)2/h4-5,7,9H,3,6,8H2,1-2H3. The van der Waals surface area contributed by atoms with Crippen molar-refractivity contribution >= 4 is 46.3 Å². The number of aromatic nitrogens is 1. The van der Waals surface area contributed by atoms with E-state index in [1.807, 2.05) is 0 Å². The molecule has 0 bridgehead atoms. The van der Waals surface area contributed by atoms with Gasteiger partial charge in [-0.3, -0.25) is 9.59 Å². The summed E-state index contributed by atoms with van der Waals surface area (Å²) in [5, 5.41) is 1.40. The van der Waals surface area contributed by atoms with E-state index in [1.165, 1.54) is 0 Å². The monoisotopic (exact) mass is 354 g/mol. The summed E-state index contributed by atoms with van der Waals surface area (Å²) in [6.45, 7) is 1.06. The molecule has 1 fully saturated rings. The molecule has 2 aromatic rings. The number of likely N-dealkylation sites (tertiary alicyclic amines) is 1. The van der Waals surface area contributed by atoms with E-state index < -0.39 is 0 Å². The van der Waals surface area contributed by atoms with Crippen LogP contribution in [0.5, 0.6) is 5.75 Å². The zero-order valence-corrected chi connectivity index (χ0v) is 14.3. The number of fused-ring (bicyclic) bond motifs is 1. The molecule has 1 aliphatic rings. The number of hydrogen-bond acceptors (Lipinski definition) is 3. The molecular weight excluding hydrogens is 339 g/mol. The van der Waals surface area contributed by atoms with Gasteiger partial charge in [-0.15, -0.1) is 0 Å². The van der Waals surface area contributed by atoms with E-state index in [4.69, 9.17) is 27.9 Å². The van der Waals surface area contributed by atoms with Gasteiger partial charge in [0.05, 0.1) is 22.8 Å². The van der Waals surface area contributed by atoms with Gasteiger partial charge < -0.3 is 14.2 Å². The Bertz CT molecular complexity index is 800. The van der Waals surface area contributed by atoms with Crippen LogP contribution in [0, 0.1) is 5.92 Å². The van der Waals surface area contributed by atoms with Crippen molar-refractivity contribution in [1.82, 2.24) is 9.47 Å². The van der Waals surface area contributed by atoms with Crippen molar-refractivity contribution in [2.75, 3.05) is 20.2 Å². The summed E-state index contributed by atoms with van der Waals surface area (Å²) in [6.07, 6.45) is 1.24. The molecule has 1 amide bonds. The third-order valence-electron chi connectivity index (χ3n) is 4.25. The Hall–Kier alpha value is -1.72. The summed E-state index contributed by atoms with van der Waals surface area (Å²) in [5.41, 5.74) is 1.29. The zero-order valence-electron chi connectivity index (χ0n) is 12.8. The highest BCUT2D eigenvalue weighted by molar-refractivity contribution is 6.46. The van der Waals surface area contributed by atoms with Crippen LogP contribution in [0.4, 0.5) is 0 Å². The van der Waals surface area contributed by atoms with Gasteiger partial charge >= 0.3 is 0 Å². The van der Waals surface area contributed by atoms with Crippen molar-refractivity contribution < 1.29 is 14.3 Å². The molecule has 0 aliphatic carbocycles. The number of benzene rings is 1. The fourth-order valence-corrected chi connectivity index (χ4v) is 3.35. The summed E-state index contributed by atoms with van der Waals surface area (Å²) >= 11 is 12.6. The highest BCUT2D eigenvalue weighted by Gasteiger charge is 2.27. The van der Waals surface area contributed by atoms with E-state index in [1.54, 1.807) is 35.7 Å². The van der Waals surface area contributed by atoms with Crippen molar-refractivity contribution in [3.05, 3.63) is 27.9 Å². The second-order valence-corrected chi connectivity index (χ2v) is 6.59. The molecule has 3 rings (SSSR count). The average molecular weight is 355 g/mol. The van der Waals surface area contributed by atoms with Crippen LogP contribution in [0.3, 0.4) is 0 Å². The minimum atomic E-state index is 0.122. The number of hydrogen-bond donors (Lipinski definition) is 0. The molecule has 122 valence electrons. The van der Waals surface area contributed by atoms with Gasteiger partial charge in [-0.05, 0) is 6.07 Å². The van der Waals surface area contributed by atoms with Crippen LogP contribution in [0.15, 0.2) is 12.1 Å². The van der Waals surface area contributed by atoms with Gasteiger partial charge in [0.1, 0.15) is 10.8 Å². The first-order valence-corrected chi connectivity index (χ1v) is 7.97. The first kappa shape index (κ1) is 16.1. The zero-order chi connectivity index (χ0) is 16.7. The summed E-state index contributed by atoms with van der Waals surface area (Å²) in [6, 6.07) is 3.47. The maximum atomic E-state index is 11.6. The second-order valence-electron chi connectivity index (χ2n) is 5.84. The Morgan fingerprint density at radius 2 is 2.04 bits per heavy atom. The van der Waals surface area contributed by atoms with Crippen LogP contribution in [0.1, 0.15) is 16.9 Å². The fourth-order valence-electron chi connectivity index (χ4n) is 2.90. The van der Waals surface area contributed by atoms with Gasteiger partial charge in [-0.25, -0.2) is 0 Å². The van der Waals surface area contributed by atoms with Crippen molar-refractivity contribution in [2.24, 2.45) is 13.0 Å². The summed E-state index contributed by atoms with van der Waals surface area (Å²) < 4.78 is 7.55. The van der Waals surface area contributed by atoms with Gasteiger partial charge in [-0.1, -0.05) is 23.2 Å². The topological polar surface area (TPSA) is 51.5 Å². The van der Waals surface area contributed by atoms with Gasteiger partial charge in [0, 0.05) is 44.4 Å². The molecule has 1 aliphatic heterocycles. The predicted molar refractivity (Wildman–Crippen MR) is 89.6 cm³/mol. The molecule has 1 aromatic carbocycles. The highest BCUT2D eigenvalue weighted by Crippen LogP contribution is 2.39. The van der Waals surface area contributed by atoms with Crippen LogP contribution in [0.2, 0.25) is 10.0 Å². The molecule has 1 aromatic heterocycles. The minimum Gasteiger partial charge on any atom is -0.492 e. The molecule has 5 nitrogen and oxygen atoms in total. The Labute approximate surface area is 143 Å². The van der Waals surface area contributed by atoms with Crippen molar-refractivity contribution in [1.29, 1.82) is 0 Å². The molecule has 0 saturated carbocycles. The van der Waals surface area contributed by atoms with Crippen molar-refractivity contribution in [3.8, 4) is 5.75 Å². The molecule has 1 atom stereocenters. The van der Waals surface area contributed by atoms with E-state index >= 15 is 0 Å². The number of carbonyl (C=O) groups excluding carboxylic acids is 2. The molecule has 1 saturated heterocycles. The van der Waals surface area contributed by atoms with Gasteiger partial charge in [-0.2, -0.15) is 0 Å². The van der Waals surface area contributed by atoms with Crippen molar-refractivity contribution in [2.45, 2.75) is 6.42 Å². The Morgan fingerprint density at radius 3 is 2.65 bits per heavy atom. The molecule has 0 N–H and O–H groups in total. The lowest BCUT2D eigenvalue weighted by Gasteiger charge is -2.14. The minimum absolute atomic E-state index is 0.122. The molecule has 0 radical (unpaired) electrons.